The molecule has 0 aliphatic heterocycles. The number of anilines is 1. The van der Waals surface area contributed by atoms with Crippen LogP contribution in [0.1, 0.15) is 12.5 Å². The number of para-hydroxylation sites is 1. The average molecular weight is 166 g/mol. The third kappa shape index (κ3) is 1.51. The summed E-state index contributed by atoms with van der Waals surface area (Å²) in [4.78, 5) is 0. The maximum Gasteiger partial charge on any atom is 0.146 e. The summed E-state index contributed by atoms with van der Waals surface area (Å²) < 4.78 is 5.22. The molecule has 0 atom stereocenters. The zero-order chi connectivity index (χ0) is 8.97. The van der Waals surface area contributed by atoms with Gasteiger partial charge in [-0.1, -0.05) is 19.1 Å². The SMILES string of the molecule is CCc1cccc(NN)c1OC. The molecule has 0 unspecified atom stereocenters. The smallest absolute Gasteiger partial charge is 0.146 e. The standard InChI is InChI=1S/C9H14N2O/c1-3-7-5-4-6-8(11-10)9(7)12-2/h4-6,11H,3,10H2,1-2H3. The van der Waals surface area contributed by atoms with Crippen molar-refractivity contribution in [2.24, 2.45) is 5.84 Å². The summed E-state index contributed by atoms with van der Waals surface area (Å²) in [6.45, 7) is 2.08. The lowest BCUT2D eigenvalue weighted by Crippen LogP contribution is -2.08. The Morgan fingerprint density at radius 3 is 2.75 bits per heavy atom. The minimum atomic E-state index is 0.830. The molecular formula is C9H14N2O. The summed E-state index contributed by atoms with van der Waals surface area (Å²) >= 11 is 0. The number of benzene rings is 1. The molecule has 0 saturated heterocycles. The van der Waals surface area contributed by atoms with Gasteiger partial charge in [-0.2, -0.15) is 0 Å². The second-order valence-corrected chi connectivity index (χ2v) is 2.50. The van der Waals surface area contributed by atoms with Gasteiger partial charge in [-0.05, 0) is 18.1 Å². The lowest BCUT2D eigenvalue weighted by molar-refractivity contribution is 0.412. The molecule has 66 valence electrons. The number of hydrazine groups is 1. The minimum Gasteiger partial charge on any atom is -0.494 e. The molecule has 0 spiro atoms. The lowest BCUT2D eigenvalue weighted by Gasteiger charge is -2.11. The normalized spacial score (nSPS) is 9.58. The molecule has 3 nitrogen and oxygen atoms in total. The van der Waals surface area contributed by atoms with Crippen LogP contribution in [0.25, 0.3) is 0 Å². The molecule has 0 aliphatic rings. The summed E-state index contributed by atoms with van der Waals surface area (Å²) in [5.41, 5.74) is 4.59. The van der Waals surface area contributed by atoms with E-state index in [1.807, 2.05) is 18.2 Å². The molecule has 0 radical (unpaired) electrons. The van der Waals surface area contributed by atoms with Gasteiger partial charge in [-0.3, -0.25) is 5.84 Å². The fraction of sp³-hybridized carbons (Fsp3) is 0.333. The highest BCUT2D eigenvalue weighted by Crippen LogP contribution is 2.27. The Morgan fingerprint density at radius 1 is 1.50 bits per heavy atom. The van der Waals surface area contributed by atoms with E-state index >= 15 is 0 Å². The first-order chi connectivity index (χ1) is 5.83. The molecule has 0 aliphatic carbocycles. The van der Waals surface area contributed by atoms with E-state index in [0.29, 0.717) is 0 Å². The van der Waals surface area contributed by atoms with Crippen LogP contribution in [0.2, 0.25) is 0 Å². The molecule has 0 heterocycles. The maximum absolute atomic E-state index is 5.32. The van der Waals surface area contributed by atoms with E-state index in [9.17, 15) is 0 Å². The molecule has 1 rings (SSSR count). The van der Waals surface area contributed by atoms with Crippen LogP contribution < -0.4 is 16.0 Å². The van der Waals surface area contributed by atoms with E-state index in [1.54, 1.807) is 7.11 Å². The van der Waals surface area contributed by atoms with Gasteiger partial charge in [0.1, 0.15) is 5.75 Å². The van der Waals surface area contributed by atoms with Crippen molar-refractivity contribution in [2.75, 3.05) is 12.5 Å². The minimum absolute atomic E-state index is 0.830. The van der Waals surface area contributed by atoms with E-state index < -0.39 is 0 Å². The third-order valence-corrected chi connectivity index (χ3v) is 1.84. The van der Waals surface area contributed by atoms with E-state index in [0.717, 1.165) is 23.4 Å². The molecule has 3 heteroatoms. The summed E-state index contributed by atoms with van der Waals surface area (Å²) in [6.07, 6.45) is 0.943. The van der Waals surface area contributed by atoms with Gasteiger partial charge < -0.3 is 10.2 Å². The first-order valence-electron chi connectivity index (χ1n) is 3.96. The van der Waals surface area contributed by atoms with Crippen LogP contribution in [0.5, 0.6) is 5.75 Å². The van der Waals surface area contributed by atoms with E-state index in [4.69, 9.17) is 10.6 Å². The molecule has 1 aromatic rings. The van der Waals surface area contributed by atoms with E-state index in [2.05, 4.69) is 12.3 Å². The Hall–Kier alpha value is -1.22. The highest BCUT2D eigenvalue weighted by molar-refractivity contribution is 5.59. The molecule has 3 N–H and O–H groups in total. The van der Waals surface area contributed by atoms with Crippen molar-refractivity contribution in [3.63, 3.8) is 0 Å². The summed E-state index contributed by atoms with van der Waals surface area (Å²) in [5, 5.41) is 0. The van der Waals surface area contributed by atoms with Crippen LogP contribution in [-0.4, -0.2) is 7.11 Å². The van der Waals surface area contributed by atoms with Gasteiger partial charge >= 0.3 is 0 Å². The highest BCUT2D eigenvalue weighted by Gasteiger charge is 2.04. The molecule has 0 amide bonds. The number of hydrogen-bond acceptors (Lipinski definition) is 3. The zero-order valence-corrected chi connectivity index (χ0v) is 7.42. The Balaban J connectivity index is 3.13. The number of ether oxygens (including phenoxy) is 1. The van der Waals surface area contributed by atoms with Crippen LogP contribution in [0.15, 0.2) is 18.2 Å². The molecule has 0 bridgehead atoms. The van der Waals surface area contributed by atoms with Gasteiger partial charge in [0.2, 0.25) is 0 Å². The Morgan fingerprint density at radius 2 is 2.25 bits per heavy atom. The van der Waals surface area contributed by atoms with Crippen molar-refractivity contribution >= 4 is 5.69 Å². The highest BCUT2D eigenvalue weighted by atomic mass is 16.5. The average Bonchev–Trinajstić information content (AvgIpc) is 2.16. The van der Waals surface area contributed by atoms with Crippen LogP contribution in [0.4, 0.5) is 5.69 Å². The molecular weight excluding hydrogens is 152 g/mol. The van der Waals surface area contributed by atoms with Crippen LogP contribution in [0, 0.1) is 0 Å². The monoisotopic (exact) mass is 166 g/mol. The third-order valence-electron chi connectivity index (χ3n) is 1.84. The largest absolute Gasteiger partial charge is 0.494 e. The van der Waals surface area contributed by atoms with Gasteiger partial charge in [0, 0.05) is 0 Å². The number of nitrogens with two attached hydrogens (primary N) is 1. The molecule has 0 saturated carbocycles. The fourth-order valence-corrected chi connectivity index (χ4v) is 1.22. The Kier molecular flexibility index (Phi) is 2.94. The lowest BCUT2D eigenvalue weighted by atomic mass is 10.1. The summed E-state index contributed by atoms with van der Waals surface area (Å²) in [6, 6.07) is 5.87. The van der Waals surface area contributed by atoms with Crippen molar-refractivity contribution in [2.45, 2.75) is 13.3 Å². The summed E-state index contributed by atoms with van der Waals surface area (Å²) in [7, 11) is 1.65. The maximum atomic E-state index is 5.32. The van der Waals surface area contributed by atoms with Gasteiger partial charge in [0.25, 0.3) is 0 Å². The van der Waals surface area contributed by atoms with Crippen LogP contribution >= 0.6 is 0 Å². The van der Waals surface area contributed by atoms with E-state index in [-0.39, 0.29) is 0 Å². The Bertz CT molecular complexity index is 238. The summed E-state index contributed by atoms with van der Waals surface area (Å²) in [5.74, 6) is 6.16. The fourth-order valence-electron chi connectivity index (χ4n) is 1.22. The number of nitrogen functional groups attached to an aromatic ring is 1. The number of nitrogens with one attached hydrogen (secondary N) is 1. The quantitative estimate of drug-likeness (QED) is 0.529. The second kappa shape index (κ2) is 3.97. The second-order valence-electron chi connectivity index (χ2n) is 2.50. The van der Waals surface area contributed by atoms with Gasteiger partial charge in [-0.25, -0.2) is 0 Å². The van der Waals surface area contributed by atoms with E-state index in [1.165, 1.54) is 0 Å². The number of rotatable bonds is 3. The van der Waals surface area contributed by atoms with Crippen LogP contribution in [0.3, 0.4) is 0 Å². The van der Waals surface area contributed by atoms with Crippen molar-refractivity contribution in [3.05, 3.63) is 23.8 Å². The van der Waals surface area contributed by atoms with Crippen molar-refractivity contribution in [1.82, 2.24) is 0 Å². The van der Waals surface area contributed by atoms with Gasteiger partial charge in [0.15, 0.2) is 0 Å². The van der Waals surface area contributed by atoms with Crippen molar-refractivity contribution in [3.8, 4) is 5.75 Å². The number of aryl methyl sites for hydroxylation is 1. The molecule has 0 aromatic heterocycles. The topological polar surface area (TPSA) is 47.3 Å². The predicted molar refractivity (Wildman–Crippen MR) is 50.2 cm³/mol. The first kappa shape index (κ1) is 8.87. The number of methoxy groups -OCH3 is 1. The first-order valence-corrected chi connectivity index (χ1v) is 3.96. The molecule has 12 heavy (non-hydrogen) atoms. The number of hydrogen-bond donors (Lipinski definition) is 2. The van der Waals surface area contributed by atoms with Crippen molar-refractivity contribution in [1.29, 1.82) is 0 Å². The Labute approximate surface area is 72.5 Å². The van der Waals surface area contributed by atoms with Gasteiger partial charge in [0.05, 0.1) is 12.8 Å². The predicted octanol–water partition coefficient (Wildman–Crippen LogP) is 1.54. The zero-order valence-electron chi connectivity index (χ0n) is 7.42. The molecule has 0 fully saturated rings. The molecule has 1 aromatic carbocycles. The van der Waals surface area contributed by atoms with Gasteiger partial charge in [-0.15, -0.1) is 0 Å². The van der Waals surface area contributed by atoms with Crippen molar-refractivity contribution < 1.29 is 4.74 Å². The van der Waals surface area contributed by atoms with Crippen LogP contribution in [-0.2, 0) is 6.42 Å².